The van der Waals surface area contributed by atoms with E-state index >= 15 is 0 Å². The van der Waals surface area contributed by atoms with Crippen molar-refractivity contribution in [3.63, 3.8) is 0 Å². The molecule has 6 heteroatoms. The van der Waals surface area contributed by atoms with Crippen LogP contribution in [-0.2, 0) is 4.79 Å². The molecule has 1 aromatic rings. The van der Waals surface area contributed by atoms with Crippen LogP contribution in [0, 0.1) is 5.41 Å². The van der Waals surface area contributed by atoms with Gasteiger partial charge in [0.2, 0.25) is 5.91 Å². The van der Waals surface area contributed by atoms with E-state index in [0.29, 0.717) is 16.5 Å². The minimum atomic E-state index is -0.216. The van der Waals surface area contributed by atoms with Crippen molar-refractivity contribution in [1.82, 2.24) is 4.98 Å². The van der Waals surface area contributed by atoms with Gasteiger partial charge < -0.3 is 10.5 Å². The van der Waals surface area contributed by atoms with Crippen molar-refractivity contribution < 1.29 is 10.0 Å². The van der Waals surface area contributed by atoms with E-state index < -0.39 is 0 Å². The molecule has 0 spiro atoms. The van der Waals surface area contributed by atoms with Crippen LogP contribution in [0.4, 0.5) is 5.13 Å². The van der Waals surface area contributed by atoms with Gasteiger partial charge >= 0.3 is 0 Å². The first-order valence-electron chi connectivity index (χ1n) is 6.57. The fraction of sp³-hybridized carbons (Fsp3) is 0.615. The Kier molecular flexibility index (Phi) is 4.19. The zero-order valence-corrected chi connectivity index (χ0v) is 12.1. The number of oxime groups is 1. The summed E-state index contributed by atoms with van der Waals surface area (Å²) in [4.78, 5) is 16.6. The van der Waals surface area contributed by atoms with Crippen molar-refractivity contribution in [1.29, 1.82) is 0 Å². The molecule has 1 aliphatic carbocycles. The van der Waals surface area contributed by atoms with Crippen molar-refractivity contribution in [2.75, 3.05) is 5.32 Å². The van der Waals surface area contributed by atoms with Crippen LogP contribution in [0.3, 0.4) is 0 Å². The molecule has 0 saturated heterocycles. The molecular formula is C13H19N3O2S. The number of nitrogens with zero attached hydrogens (tertiary/aromatic N) is 2. The smallest absolute Gasteiger partial charge is 0.232 e. The van der Waals surface area contributed by atoms with Gasteiger partial charge in [-0.05, 0) is 26.2 Å². The number of thiazole rings is 1. The van der Waals surface area contributed by atoms with Crippen LogP contribution in [0.15, 0.2) is 10.5 Å². The number of rotatable bonds is 4. The van der Waals surface area contributed by atoms with Crippen LogP contribution in [-0.4, -0.2) is 21.8 Å². The fourth-order valence-electron chi connectivity index (χ4n) is 2.57. The molecule has 104 valence electrons. The molecular weight excluding hydrogens is 262 g/mol. The average Bonchev–Trinajstić information content (AvgIpc) is 3.07. The van der Waals surface area contributed by atoms with Gasteiger partial charge in [0.15, 0.2) is 5.13 Å². The van der Waals surface area contributed by atoms with Crippen LogP contribution >= 0.6 is 11.3 Å². The van der Waals surface area contributed by atoms with E-state index in [1.807, 2.05) is 0 Å². The quantitative estimate of drug-likeness (QED) is 0.505. The summed E-state index contributed by atoms with van der Waals surface area (Å²) in [6.07, 6.45) is 5.05. The van der Waals surface area contributed by atoms with Gasteiger partial charge in [-0.25, -0.2) is 4.98 Å². The number of hydrogen-bond acceptors (Lipinski definition) is 5. The van der Waals surface area contributed by atoms with E-state index in [2.05, 4.69) is 22.4 Å². The van der Waals surface area contributed by atoms with E-state index in [9.17, 15) is 4.79 Å². The minimum absolute atomic E-state index is 0.0759. The third-order valence-electron chi connectivity index (χ3n) is 3.96. The number of nitrogens with one attached hydrogen (secondary N) is 1. The molecule has 0 radical (unpaired) electrons. The highest BCUT2D eigenvalue weighted by Crippen LogP contribution is 2.41. The topological polar surface area (TPSA) is 74.6 Å². The van der Waals surface area contributed by atoms with Crippen LogP contribution in [0.5, 0.6) is 0 Å². The third kappa shape index (κ3) is 2.78. The lowest BCUT2D eigenvalue weighted by atomic mass is 9.82. The maximum absolute atomic E-state index is 12.4. The summed E-state index contributed by atoms with van der Waals surface area (Å²) in [6.45, 7) is 3.74. The fourth-order valence-corrected chi connectivity index (χ4v) is 3.32. The number of hydrogen-bond donors (Lipinski definition) is 2. The van der Waals surface area contributed by atoms with Gasteiger partial charge in [0.05, 0.1) is 0 Å². The van der Waals surface area contributed by atoms with Crippen molar-refractivity contribution in [2.45, 2.75) is 46.0 Å². The molecule has 2 N–H and O–H groups in total. The first-order chi connectivity index (χ1) is 9.11. The second kappa shape index (κ2) is 5.69. The zero-order valence-electron chi connectivity index (χ0n) is 11.3. The molecule has 0 unspecified atom stereocenters. The molecule has 5 nitrogen and oxygen atoms in total. The van der Waals surface area contributed by atoms with Crippen molar-refractivity contribution in [3.05, 3.63) is 11.1 Å². The van der Waals surface area contributed by atoms with E-state index in [1.165, 1.54) is 11.3 Å². The Morgan fingerprint density at radius 1 is 1.58 bits per heavy atom. The molecule has 1 amide bonds. The Bertz CT molecular complexity index is 490. The summed E-state index contributed by atoms with van der Waals surface area (Å²) in [5.74, 6) is 0.0759. The maximum atomic E-state index is 12.4. The van der Waals surface area contributed by atoms with E-state index in [4.69, 9.17) is 5.21 Å². The second-order valence-electron chi connectivity index (χ2n) is 5.02. The maximum Gasteiger partial charge on any atom is 0.232 e. The summed E-state index contributed by atoms with van der Waals surface area (Å²) in [6, 6.07) is 0. The summed E-state index contributed by atoms with van der Waals surface area (Å²) in [5.41, 5.74) is 0.828. The monoisotopic (exact) mass is 281 g/mol. The van der Waals surface area contributed by atoms with Crippen molar-refractivity contribution >= 4 is 28.1 Å². The van der Waals surface area contributed by atoms with Gasteiger partial charge in [0.1, 0.15) is 11.4 Å². The predicted octanol–water partition coefficient (Wildman–Crippen LogP) is 3.25. The van der Waals surface area contributed by atoms with Crippen LogP contribution in [0.2, 0.25) is 0 Å². The molecule has 1 heterocycles. The lowest BCUT2D eigenvalue weighted by Gasteiger charge is -2.25. The predicted molar refractivity (Wildman–Crippen MR) is 75.9 cm³/mol. The van der Waals surface area contributed by atoms with Gasteiger partial charge in [-0.1, -0.05) is 24.9 Å². The lowest BCUT2D eigenvalue weighted by molar-refractivity contribution is -0.125. The summed E-state index contributed by atoms with van der Waals surface area (Å²) < 4.78 is 0. The van der Waals surface area contributed by atoms with Gasteiger partial charge in [0, 0.05) is 10.8 Å². The highest BCUT2D eigenvalue weighted by Gasteiger charge is 2.39. The Morgan fingerprint density at radius 2 is 2.26 bits per heavy atom. The zero-order chi connectivity index (χ0) is 13.9. The van der Waals surface area contributed by atoms with Crippen LogP contribution in [0.25, 0.3) is 0 Å². The van der Waals surface area contributed by atoms with E-state index in [0.717, 1.165) is 32.1 Å². The number of aromatic nitrogens is 1. The first-order valence-corrected chi connectivity index (χ1v) is 7.45. The Balaban J connectivity index is 2.08. The summed E-state index contributed by atoms with van der Waals surface area (Å²) in [7, 11) is 0. The standard InChI is InChI=1S/C13H19N3O2S/c1-3-13(6-4-5-7-13)11(17)15-12-14-10(8-19-12)9(2)16-18/h8,18H,3-7H2,1-2H3,(H,14,15,17). The molecule has 1 aliphatic rings. The van der Waals surface area contributed by atoms with Crippen LogP contribution in [0.1, 0.15) is 51.6 Å². The molecule has 0 aliphatic heterocycles. The third-order valence-corrected chi connectivity index (χ3v) is 4.72. The Hall–Kier alpha value is -1.43. The largest absolute Gasteiger partial charge is 0.411 e. The Morgan fingerprint density at radius 3 is 2.84 bits per heavy atom. The highest BCUT2D eigenvalue weighted by molar-refractivity contribution is 7.14. The summed E-state index contributed by atoms with van der Waals surface area (Å²) in [5, 5.41) is 17.1. The van der Waals surface area contributed by atoms with Crippen LogP contribution < -0.4 is 5.32 Å². The first kappa shape index (κ1) is 14.0. The molecule has 2 rings (SSSR count). The number of anilines is 1. The van der Waals surface area contributed by atoms with Gasteiger partial charge in [-0.2, -0.15) is 0 Å². The minimum Gasteiger partial charge on any atom is -0.411 e. The molecule has 0 atom stereocenters. The van der Waals surface area contributed by atoms with Crippen molar-refractivity contribution in [3.8, 4) is 0 Å². The average molecular weight is 281 g/mol. The molecule has 1 fully saturated rings. The van der Waals surface area contributed by atoms with Gasteiger partial charge in [-0.15, -0.1) is 11.3 Å². The Labute approximate surface area is 116 Å². The normalized spacial score (nSPS) is 18.5. The molecule has 19 heavy (non-hydrogen) atoms. The molecule has 1 saturated carbocycles. The number of carbonyl (C=O) groups is 1. The molecule has 0 aromatic carbocycles. The summed E-state index contributed by atoms with van der Waals surface area (Å²) >= 11 is 1.35. The second-order valence-corrected chi connectivity index (χ2v) is 5.88. The molecule has 0 bridgehead atoms. The highest BCUT2D eigenvalue weighted by atomic mass is 32.1. The molecule has 1 aromatic heterocycles. The lowest BCUT2D eigenvalue weighted by Crippen LogP contribution is -2.33. The SMILES string of the molecule is CCC1(C(=O)Nc2nc(C(C)=NO)cs2)CCCC1. The van der Waals surface area contributed by atoms with Gasteiger partial charge in [-0.3, -0.25) is 4.79 Å². The van der Waals surface area contributed by atoms with Gasteiger partial charge in [0.25, 0.3) is 0 Å². The number of amides is 1. The van der Waals surface area contributed by atoms with Crippen molar-refractivity contribution in [2.24, 2.45) is 10.6 Å². The van der Waals surface area contributed by atoms with E-state index in [-0.39, 0.29) is 11.3 Å². The number of carbonyl (C=O) groups excluding carboxylic acids is 1. The van der Waals surface area contributed by atoms with E-state index in [1.54, 1.807) is 12.3 Å².